The van der Waals surface area contributed by atoms with Crippen LogP contribution in [0.2, 0.25) is 0 Å². The maximum Gasteiger partial charge on any atom is 0.410 e. The predicted octanol–water partition coefficient (Wildman–Crippen LogP) is 3.17. The Morgan fingerprint density at radius 3 is 2.37 bits per heavy atom. The van der Waals surface area contributed by atoms with Crippen LogP contribution in [0.15, 0.2) is 30.3 Å². The number of aromatic amines is 1. The summed E-state index contributed by atoms with van der Waals surface area (Å²) in [4.78, 5) is 56.8. The Hall–Kier alpha value is -4.27. The number of anilines is 1. The highest BCUT2D eigenvalue weighted by Gasteiger charge is 2.38. The number of hydrazine groups is 1. The van der Waals surface area contributed by atoms with Gasteiger partial charge in [0.1, 0.15) is 11.3 Å². The van der Waals surface area contributed by atoms with Crippen molar-refractivity contribution in [2.45, 2.75) is 26.4 Å². The van der Waals surface area contributed by atoms with Crippen molar-refractivity contribution in [2.75, 3.05) is 57.5 Å². The Balaban J connectivity index is 1.21. The lowest BCUT2D eigenvalue weighted by Gasteiger charge is -2.36. The normalized spacial score (nSPS) is 17.0. The Labute approximate surface area is 252 Å². The van der Waals surface area contributed by atoms with Gasteiger partial charge in [0.05, 0.1) is 45.5 Å². The summed E-state index contributed by atoms with van der Waals surface area (Å²) in [5.74, 6) is -0.417. The van der Waals surface area contributed by atoms with E-state index in [-0.39, 0.29) is 17.8 Å². The van der Waals surface area contributed by atoms with Crippen molar-refractivity contribution in [2.24, 2.45) is 5.73 Å². The van der Waals surface area contributed by atoms with Gasteiger partial charge in [-0.15, -0.1) is 11.3 Å². The molecule has 4 amide bonds. The fourth-order valence-corrected chi connectivity index (χ4v) is 6.51. The number of urea groups is 1. The van der Waals surface area contributed by atoms with Gasteiger partial charge in [0.2, 0.25) is 0 Å². The van der Waals surface area contributed by atoms with Gasteiger partial charge in [0.15, 0.2) is 5.78 Å². The van der Waals surface area contributed by atoms with Gasteiger partial charge < -0.3 is 25.0 Å². The molecule has 13 nitrogen and oxygen atoms in total. The van der Waals surface area contributed by atoms with Crippen molar-refractivity contribution in [1.29, 1.82) is 0 Å². The molecule has 0 spiro atoms. The summed E-state index contributed by atoms with van der Waals surface area (Å²) in [6, 6.07) is 8.11. The average Bonchev–Trinajstić information content (AvgIpc) is 3.69. The standard InChI is InChI=1S/C29H33N7O6S/c1-29(2,3)42-28(40)34-11-9-33(10-12-34)26(38)20-8-7-19(43-20)24-22-23(31-32-24)17-5-4-6-18(21(17)25(22)37)36(27(30)39)35-13-15-41-16-14-35/h4-8H,9-16H2,1-3H3,(H2,30,39)(H,31,32). The van der Waals surface area contributed by atoms with E-state index in [2.05, 4.69) is 10.2 Å². The smallest absolute Gasteiger partial charge is 0.410 e. The number of primary amides is 1. The molecule has 3 N–H and O–H groups in total. The number of carbonyl (C=O) groups is 4. The molecule has 6 rings (SSSR count). The summed E-state index contributed by atoms with van der Waals surface area (Å²) < 4.78 is 10.9. The number of fused-ring (bicyclic) bond motifs is 3. The first-order valence-electron chi connectivity index (χ1n) is 14.1. The average molecular weight is 608 g/mol. The van der Waals surface area contributed by atoms with Crippen molar-refractivity contribution in [1.82, 2.24) is 25.0 Å². The zero-order chi connectivity index (χ0) is 30.5. The zero-order valence-electron chi connectivity index (χ0n) is 24.2. The number of ether oxygens (including phenoxy) is 2. The number of nitrogens with zero attached hydrogens (tertiary/aromatic N) is 5. The number of H-pyrrole nitrogens is 1. The molecule has 43 heavy (non-hydrogen) atoms. The first kappa shape index (κ1) is 28.8. The third kappa shape index (κ3) is 5.37. The number of aromatic nitrogens is 2. The second-order valence-corrected chi connectivity index (χ2v) is 12.6. The van der Waals surface area contributed by atoms with E-state index >= 15 is 0 Å². The third-order valence-corrected chi connectivity index (χ3v) is 8.60. The van der Waals surface area contributed by atoms with E-state index in [4.69, 9.17) is 15.2 Å². The molecule has 1 aromatic carbocycles. The van der Waals surface area contributed by atoms with Crippen LogP contribution in [0.25, 0.3) is 21.8 Å². The Kier molecular flexibility index (Phi) is 7.44. The second kappa shape index (κ2) is 11.1. The fraction of sp³-hybridized carbons (Fsp3) is 0.414. The number of rotatable bonds is 4. The van der Waals surface area contributed by atoms with E-state index < -0.39 is 11.6 Å². The number of amides is 4. The van der Waals surface area contributed by atoms with Crippen LogP contribution in [0.4, 0.5) is 15.3 Å². The molecular weight excluding hydrogens is 574 g/mol. The van der Waals surface area contributed by atoms with E-state index in [1.165, 1.54) is 16.3 Å². The summed E-state index contributed by atoms with van der Waals surface area (Å²) in [5.41, 5.74) is 7.96. The topological polar surface area (TPSA) is 154 Å². The van der Waals surface area contributed by atoms with Crippen molar-refractivity contribution >= 4 is 40.8 Å². The van der Waals surface area contributed by atoms with Crippen LogP contribution >= 0.6 is 11.3 Å². The molecule has 3 aliphatic rings. The van der Waals surface area contributed by atoms with Crippen molar-refractivity contribution in [3.63, 3.8) is 0 Å². The lowest BCUT2D eigenvalue weighted by molar-refractivity contribution is 0.0141. The third-order valence-electron chi connectivity index (χ3n) is 7.51. The molecule has 0 atom stereocenters. The molecule has 4 heterocycles. The second-order valence-electron chi connectivity index (χ2n) is 11.5. The lowest BCUT2D eigenvalue weighted by Crippen LogP contribution is -2.54. The van der Waals surface area contributed by atoms with Crippen molar-refractivity contribution in [3.05, 3.63) is 46.3 Å². The first-order chi connectivity index (χ1) is 20.5. The van der Waals surface area contributed by atoms with Gasteiger partial charge in [-0.3, -0.25) is 14.7 Å². The van der Waals surface area contributed by atoms with Crippen LogP contribution in [0.3, 0.4) is 0 Å². The maximum absolute atomic E-state index is 13.9. The largest absolute Gasteiger partial charge is 0.444 e. The summed E-state index contributed by atoms with van der Waals surface area (Å²) in [6.07, 6.45) is -0.385. The number of thiophene rings is 1. The van der Waals surface area contributed by atoms with E-state index in [0.29, 0.717) is 96.0 Å². The summed E-state index contributed by atoms with van der Waals surface area (Å²) in [6.45, 7) is 8.81. The number of nitrogens with two attached hydrogens (primary N) is 1. The number of hydrogen-bond acceptors (Lipinski definition) is 9. The van der Waals surface area contributed by atoms with Gasteiger partial charge in [-0.05, 0) is 39.0 Å². The number of piperazine rings is 1. The van der Waals surface area contributed by atoms with E-state index in [9.17, 15) is 19.2 Å². The number of carbonyl (C=O) groups excluding carboxylic acids is 4. The van der Waals surface area contributed by atoms with E-state index in [1.807, 2.05) is 20.8 Å². The molecule has 14 heteroatoms. The number of morpholine rings is 1. The quantitative estimate of drug-likeness (QED) is 0.359. The highest BCUT2D eigenvalue weighted by atomic mass is 32.1. The van der Waals surface area contributed by atoms with Crippen LogP contribution < -0.4 is 10.7 Å². The Morgan fingerprint density at radius 1 is 1.00 bits per heavy atom. The van der Waals surface area contributed by atoms with E-state index in [0.717, 1.165) is 0 Å². The summed E-state index contributed by atoms with van der Waals surface area (Å²) in [7, 11) is 0. The SMILES string of the molecule is CC(C)(C)OC(=O)N1CCN(C(=O)c2ccc(-c3[nH]nc4c3C(=O)c3c-4cccc3N(C(N)=O)N3CCOCC3)s2)CC1. The predicted molar refractivity (Wildman–Crippen MR) is 159 cm³/mol. The molecule has 2 aromatic heterocycles. The molecule has 2 fully saturated rings. The van der Waals surface area contributed by atoms with Crippen LogP contribution in [0.1, 0.15) is 46.4 Å². The summed E-state index contributed by atoms with van der Waals surface area (Å²) in [5, 5.41) is 10.6. The highest BCUT2D eigenvalue weighted by Crippen LogP contribution is 2.45. The van der Waals surface area contributed by atoms with Crippen LogP contribution in [0.5, 0.6) is 0 Å². The molecular formula is C29H33N7O6S. The maximum atomic E-state index is 13.9. The van der Waals surface area contributed by atoms with Gasteiger partial charge in [0.25, 0.3) is 5.91 Å². The molecule has 2 saturated heterocycles. The Bertz CT molecular complexity index is 1590. The molecule has 0 unspecified atom stereocenters. The van der Waals surface area contributed by atoms with Gasteiger partial charge in [0, 0.05) is 44.8 Å². The molecule has 0 radical (unpaired) electrons. The molecule has 2 aliphatic heterocycles. The van der Waals surface area contributed by atoms with Gasteiger partial charge in [-0.25, -0.2) is 19.6 Å². The van der Waals surface area contributed by atoms with Crippen molar-refractivity contribution in [3.8, 4) is 21.8 Å². The Morgan fingerprint density at radius 2 is 1.70 bits per heavy atom. The minimum Gasteiger partial charge on any atom is -0.444 e. The highest BCUT2D eigenvalue weighted by molar-refractivity contribution is 7.17. The molecule has 1 aliphatic carbocycles. The molecule has 3 aromatic rings. The monoisotopic (exact) mass is 607 g/mol. The number of hydrogen-bond donors (Lipinski definition) is 2. The lowest BCUT2D eigenvalue weighted by atomic mass is 10.1. The number of ketones is 1. The zero-order valence-corrected chi connectivity index (χ0v) is 25.0. The van der Waals surface area contributed by atoms with E-state index in [1.54, 1.807) is 45.1 Å². The van der Waals surface area contributed by atoms with Gasteiger partial charge in [-0.2, -0.15) is 5.10 Å². The molecule has 226 valence electrons. The number of nitrogens with one attached hydrogen (secondary N) is 1. The van der Waals surface area contributed by atoms with Gasteiger partial charge >= 0.3 is 12.1 Å². The molecule has 0 bridgehead atoms. The van der Waals surface area contributed by atoms with Crippen LogP contribution in [-0.2, 0) is 9.47 Å². The van der Waals surface area contributed by atoms with Crippen LogP contribution in [-0.4, -0.2) is 107 Å². The van der Waals surface area contributed by atoms with Crippen molar-refractivity contribution < 1.29 is 28.7 Å². The molecule has 0 saturated carbocycles. The minimum absolute atomic E-state index is 0.143. The van der Waals surface area contributed by atoms with Crippen LogP contribution in [0, 0.1) is 0 Å². The number of benzene rings is 1. The minimum atomic E-state index is -0.692. The summed E-state index contributed by atoms with van der Waals surface area (Å²) >= 11 is 1.27. The first-order valence-corrected chi connectivity index (χ1v) is 14.9. The fourth-order valence-electron chi connectivity index (χ4n) is 5.54. The van der Waals surface area contributed by atoms with Gasteiger partial charge in [-0.1, -0.05) is 12.1 Å².